The summed E-state index contributed by atoms with van der Waals surface area (Å²) >= 11 is 0. The molecule has 0 aromatic rings. The maximum Gasteiger partial charge on any atom is 0.324 e. The van der Waals surface area contributed by atoms with Crippen LogP contribution in [0.1, 0.15) is 13.8 Å². The molecule has 0 amide bonds. The quantitative estimate of drug-likeness (QED) is 0.373. The number of ether oxygens (including phenoxy) is 1. The maximum absolute atomic E-state index is 9.82. The normalized spacial score (nSPS) is 8.20. The Kier molecular flexibility index (Phi) is 10.9. The van der Waals surface area contributed by atoms with Crippen molar-refractivity contribution < 1.29 is 24.2 Å². The first-order valence-corrected chi connectivity index (χ1v) is 3.70. The van der Waals surface area contributed by atoms with Gasteiger partial charge in [0.2, 0.25) is 0 Å². The average molecular weight is 170 g/mol. The fraction of sp³-hybridized carbons (Fsp3) is 0.750. The minimum absolute atomic E-state index is 0.211. The number of carbonyl (C=O) groups is 1. The second kappa shape index (κ2) is 8.78. The lowest BCUT2D eigenvalue weighted by Crippen LogP contribution is -1.95. The topological polar surface area (TPSA) is 87.0 Å². The predicted molar refractivity (Wildman–Crippen MR) is 35.9 cm³/mol. The monoisotopic (exact) mass is 170 g/mol. The largest absolute Gasteiger partial charge is 0.466 e. The van der Waals surface area contributed by atoms with Gasteiger partial charge in [0.1, 0.15) is 0 Å². The van der Waals surface area contributed by atoms with Crippen molar-refractivity contribution in [3.05, 3.63) is 0 Å². The first kappa shape index (κ1) is 12.5. The van der Waals surface area contributed by atoms with E-state index in [4.69, 9.17) is 14.7 Å². The zero-order valence-corrected chi connectivity index (χ0v) is 6.71. The van der Waals surface area contributed by atoms with Crippen molar-refractivity contribution in [2.24, 2.45) is 0 Å². The summed E-state index contributed by atoms with van der Waals surface area (Å²) in [5, 5.41) is 0. The van der Waals surface area contributed by atoms with Gasteiger partial charge >= 0.3 is 14.6 Å². The van der Waals surface area contributed by atoms with Crippen LogP contribution in [0.4, 0.5) is 0 Å². The molecule has 5 nitrogen and oxygen atoms in total. The van der Waals surface area contributed by atoms with E-state index in [2.05, 4.69) is 4.74 Å². The highest BCUT2D eigenvalue weighted by Crippen LogP contribution is 2.11. The summed E-state index contributed by atoms with van der Waals surface area (Å²) in [7, 11) is -2.62. The SMILES string of the molecule is CCOC(C)=O.OP(O)O. The molecule has 0 fully saturated rings. The molecule has 0 aromatic carbocycles. The highest BCUT2D eigenvalue weighted by atomic mass is 31.2. The molecule has 6 heteroatoms. The molecule has 0 saturated carbocycles. The second-order valence-electron chi connectivity index (χ2n) is 1.19. The maximum atomic E-state index is 9.82. The fourth-order valence-corrected chi connectivity index (χ4v) is 0.203. The van der Waals surface area contributed by atoms with Gasteiger partial charge in [0.15, 0.2) is 0 Å². The van der Waals surface area contributed by atoms with E-state index in [9.17, 15) is 4.79 Å². The molecule has 10 heavy (non-hydrogen) atoms. The molecule has 0 rings (SSSR count). The van der Waals surface area contributed by atoms with E-state index >= 15 is 0 Å². The lowest BCUT2D eigenvalue weighted by Gasteiger charge is -1.89. The standard InChI is InChI=1S/C4H8O2.H3O3P/c1-3-6-4(2)5;1-4(2)3/h3H2,1-2H3;1-3H. The number of esters is 1. The van der Waals surface area contributed by atoms with Crippen LogP contribution in [0.15, 0.2) is 0 Å². The molecule has 0 aromatic heterocycles. The van der Waals surface area contributed by atoms with Crippen LogP contribution in [-0.4, -0.2) is 27.3 Å². The predicted octanol–water partition coefficient (Wildman–Crippen LogP) is -0.240. The highest BCUT2D eigenvalue weighted by molar-refractivity contribution is 7.38. The fourth-order valence-electron chi connectivity index (χ4n) is 0.203. The smallest absolute Gasteiger partial charge is 0.324 e. The van der Waals surface area contributed by atoms with Crippen LogP contribution in [0.5, 0.6) is 0 Å². The van der Waals surface area contributed by atoms with Crippen LogP contribution in [-0.2, 0) is 9.53 Å². The van der Waals surface area contributed by atoms with E-state index in [1.54, 1.807) is 6.92 Å². The van der Waals surface area contributed by atoms with Crippen LogP contribution < -0.4 is 0 Å². The first-order valence-electron chi connectivity index (χ1n) is 2.50. The summed E-state index contributed by atoms with van der Waals surface area (Å²) in [4.78, 5) is 31.5. The van der Waals surface area contributed by atoms with Crippen LogP contribution in [0.3, 0.4) is 0 Å². The first-order chi connectivity index (χ1) is 4.50. The second-order valence-corrected chi connectivity index (χ2v) is 1.73. The molecule has 0 aliphatic rings. The summed E-state index contributed by atoms with van der Waals surface area (Å²) in [6.07, 6.45) is 0. The Bertz CT molecular complexity index is 81.0. The summed E-state index contributed by atoms with van der Waals surface area (Å²) < 4.78 is 4.40. The third kappa shape index (κ3) is 46.3. The molecule has 0 bridgehead atoms. The third-order valence-corrected chi connectivity index (χ3v) is 0.348. The van der Waals surface area contributed by atoms with Gasteiger partial charge in [0.05, 0.1) is 6.61 Å². The molecular formula is C4H11O5P. The third-order valence-electron chi connectivity index (χ3n) is 0.348. The van der Waals surface area contributed by atoms with Gasteiger partial charge in [-0.25, -0.2) is 0 Å². The van der Waals surface area contributed by atoms with E-state index in [0.717, 1.165) is 0 Å². The number of hydrogen-bond acceptors (Lipinski definition) is 5. The molecule has 3 N–H and O–H groups in total. The van der Waals surface area contributed by atoms with Crippen molar-refractivity contribution in [1.82, 2.24) is 0 Å². The van der Waals surface area contributed by atoms with E-state index in [1.807, 2.05) is 0 Å². The van der Waals surface area contributed by atoms with Crippen molar-refractivity contribution in [1.29, 1.82) is 0 Å². The zero-order chi connectivity index (χ0) is 8.57. The van der Waals surface area contributed by atoms with Gasteiger partial charge in [0.25, 0.3) is 0 Å². The molecular weight excluding hydrogens is 159 g/mol. The molecule has 0 aliphatic carbocycles. The molecule has 0 radical (unpaired) electrons. The van der Waals surface area contributed by atoms with Gasteiger partial charge in [-0.3, -0.25) is 4.79 Å². The zero-order valence-electron chi connectivity index (χ0n) is 5.81. The van der Waals surface area contributed by atoms with Gasteiger partial charge in [-0.1, -0.05) is 0 Å². The number of carbonyl (C=O) groups excluding carboxylic acids is 1. The van der Waals surface area contributed by atoms with Crippen molar-refractivity contribution >= 4 is 14.6 Å². The van der Waals surface area contributed by atoms with Crippen molar-refractivity contribution in [2.45, 2.75) is 13.8 Å². The Morgan fingerprint density at radius 2 is 1.80 bits per heavy atom. The Morgan fingerprint density at radius 3 is 1.80 bits per heavy atom. The Labute approximate surface area is 60.3 Å². The lowest BCUT2D eigenvalue weighted by molar-refractivity contribution is -0.140. The summed E-state index contributed by atoms with van der Waals surface area (Å²) in [6.45, 7) is 3.65. The van der Waals surface area contributed by atoms with Crippen LogP contribution >= 0.6 is 8.60 Å². The number of rotatable bonds is 1. The molecule has 0 unspecified atom stereocenters. The Hall–Kier alpha value is -0.220. The van der Waals surface area contributed by atoms with Gasteiger partial charge in [-0.05, 0) is 6.92 Å². The Morgan fingerprint density at radius 1 is 1.50 bits per heavy atom. The van der Waals surface area contributed by atoms with E-state index in [-0.39, 0.29) is 5.97 Å². The highest BCUT2D eigenvalue weighted by Gasteiger charge is 1.81. The van der Waals surface area contributed by atoms with Gasteiger partial charge in [-0.15, -0.1) is 0 Å². The van der Waals surface area contributed by atoms with Crippen molar-refractivity contribution in [3.63, 3.8) is 0 Å². The van der Waals surface area contributed by atoms with E-state index < -0.39 is 8.60 Å². The van der Waals surface area contributed by atoms with Gasteiger partial charge in [0, 0.05) is 6.92 Å². The van der Waals surface area contributed by atoms with Crippen LogP contribution in [0.25, 0.3) is 0 Å². The van der Waals surface area contributed by atoms with Crippen LogP contribution in [0, 0.1) is 0 Å². The van der Waals surface area contributed by atoms with Crippen molar-refractivity contribution in [2.75, 3.05) is 6.61 Å². The minimum atomic E-state index is -2.62. The molecule has 0 aliphatic heterocycles. The number of hydrogen-bond donors (Lipinski definition) is 3. The average Bonchev–Trinajstić information content (AvgIpc) is 1.62. The van der Waals surface area contributed by atoms with Crippen molar-refractivity contribution in [3.8, 4) is 0 Å². The molecule has 62 valence electrons. The van der Waals surface area contributed by atoms with Gasteiger partial charge in [-0.2, -0.15) is 0 Å². The molecule has 0 heterocycles. The van der Waals surface area contributed by atoms with E-state index in [0.29, 0.717) is 6.61 Å². The van der Waals surface area contributed by atoms with Crippen LogP contribution in [0.2, 0.25) is 0 Å². The molecule has 0 atom stereocenters. The Balaban J connectivity index is 0. The lowest BCUT2D eigenvalue weighted by atomic mass is 10.8. The summed E-state index contributed by atoms with van der Waals surface area (Å²) in [5.74, 6) is -0.211. The molecule has 0 spiro atoms. The van der Waals surface area contributed by atoms with Gasteiger partial charge < -0.3 is 19.4 Å². The summed E-state index contributed by atoms with van der Waals surface area (Å²) in [6, 6.07) is 0. The van der Waals surface area contributed by atoms with E-state index in [1.165, 1.54) is 6.92 Å². The molecule has 0 saturated heterocycles. The minimum Gasteiger partial charge on any atom is -0.466 e. The summed E-state index contributed by atoms with van der Waals surface area (Å²) in [5.41, 5.74) is 0.